The molecule has 10 heteroatoms. The van der Waals surface area contributed by atoms with Crippen molar-refractivity contribution in [3.63, 3.8) is 0 Å². The molecule has 0 atom stereocenters. The average Bonchev–Trinajstić information content (AvgIpc) is 3.24. The van der Waals surface area contributed by atoms with Crippen molar-refractivity contribution in [2.24, 2.45) is 0 Å². The van der Waals surface area contributed by atoms with Gasteiger partial charge in [0, 0.05) is 11.6 Å². The van der Waals surface area contributed by atoms with Gasteiger partial charge in [-0.05, 0) is 43.3 Å². The smallest absolute Gasteiger partial charge is 0.358 e. The van der Waals surface area contributed by atoms with Gasteiger partial charge in [0.05, 0.1) is 34.8 Å². The molecule has 34 heavy (non-hydrogen) atoms. The SMILES string of the molecule is CCOC(=O)c1cc(NC(=O)c2cc(-c3ccc(F)cn3)c(F)cc2Cl)n(-c2ccccc2)n1. The molecule has 0 bridgehead atoms. The fraction of sp³-hybridized carbons (Fsp3) is 0.0833. The van der Waals surface area contributed by atoms with Gasteiger partial charge < -0.3 is 10.1 Å². The molecule has 2 heterocycles. The van der Waals surface area contributed by atoms with Crippen LogP contribution in [0.15, 0.2) is 66.9 Å². The molecule has 0 saturated carbocycles. The van der Waals surface area contributed by atoms with Gasteiger partial charge in [-0.2, -0.15) is 5.10 Å². The third-order valence-electron chi connectivity index (χ3n) is 4.74. The molecule has 0 spiro atoms. The van der Waals surface area contributed by atoms with Gasteiger partial charge in [0.2, 0.25) is 0 Å². The van der Waals surface area contributed by atoms with Gasteiger partial charge in [-0.1, -0.05) is 29.8 Å². The van der Waals surface area contributed by atoms with E-state index in [1.807, 2.05) is 0 Å². The molecule has 1 amide bonds. The summed E-state index contributed by atoms with van der Waals surface area (Å²) in [6.45, 7) is 1.82. The van der Waals surface area contributed by atoms with Crippen molar-refractivity contribution < 1.29 is 23.1 Å². The number of esters is 1. The molecule has 172 valence electrons. The number of halogens is 3. The Kier molecular flexibility index (Phi) is 6.65. The summed E-state index contributed by atoms with van der Waals surface area (Å²) < 4.78 is 34.1. The van der Waals surface area contributed by atoms with Crippen molar-refractivity contribution in [2.75, 3.05) is 11.9 Å². The van der Waals surface area contributed by atoms with Crippen molar-refractivity contribution in [1.82, 2.24) is 14.8 Å². The second-order valence-corrected chi connectivity index (χ2v) is 7.42. The van der Waals surface area contributed by atoms with Crippen LogP contribution in [0, 0.1) is 11.6 Å². The predicted molar refractivity (Wildman–Crippen MR) is 122 cm³/mol. The number of ether oxygens (including phenoxy) is 1. The number of hydrogen-bond acceptors (Lipinski definition) is 5. The topological polar surface area (TPSA) is 86.1 Å². The van der Waals surface area contributed by atoms with E-state index in [0.29, 0.717) is 5.69 Å². The lowest BCUT2D eigenvalue weighted by Crippen LogP contribution is -2.16. The monoisotopic (exact) mass is 482 g/mol. The molecule has 0 aliphatic heterocycles. The van der Waals surface area contributed by atoms with E-state index in [1.54, 1.807) is 37.3 Å². The molecule has 4 rings (SSSR count). The average molecular weight is 483 g/mol. The summed E-state index contributed by atoms with van der Waals surface area (Å²) in [5.41, 5.74) is 0.613. The van der Waals surface area contributed by atoms with Crippen molar-refractivity contribution in [3.05, 3.63) is 94.8 Å². The maximum atomic E-state index is 14.5. The Bertz CT molecular complexity index is 1360. The van der Waals surface area contributed by atoms with Crippen molar-refractivity contribution in [3.8, 4) is 16.9 Å². The van der Waals surface area contributed by atoms with Gasteiger partial charge in [0.1, 0.15) is 17.5 Å². The minimum Gasteiger partial charge on any atom is -0.461 e. The molecule has 0 unspecified atom stereocenters. The number of aromatic nitrogens is 3. The van der Waals surface area contributed by atoms with E-state index in [1.165, 1.54) is 22.9 Å². The molecule has 0 saturated heterocycles. The Hall–Kier alpha value is -4.11. The summed E-state index contributed by atoms with van der Waals surface area (Å²) >= 11 is 6.15. The van der Waals surface area contributed by atoms with E-state index in [-0.39, 0.29) is 40.0 Å². The standard InChI is InChI=1S/C24H17ClF2N4O3/c1-2-34-24(33)21-12-22(31(30-21)15-6-4-3-5-7-15)29-23(32)16-10-17(19(27)11-18(16)25)20-9-8-14(26)13-28-20/h3-13H,2H2,1H3,(H,29,32). The molecule has 2 aromatic heterocycles. The number of pyridine rings is 1. The number of nitrogens with zero attached hydrogens (tertiary/aromatic N) is 3. The number of hydrogen-bond donors (Lipinski definition) is 1. The molecule has 0 fully saturated rings. The predicted octanol–water partition coefficient (Wildman–Crippen LogP) is 5.29. The van der Waals surface area contributed by atoms with Crippen molar-refractivity contribution in [2.45, 2.75) is 6.92 Å². The Labute approximate surface area is 198 Å². The van der Waals surface area contributed by atoms with Gasteiger partial charge in [-0.3, -0.25) is 9.78 Å². The van der Waals surface area contributed by atoms with Gasteiger partial charge in [-0.15, -0.1) is 0 Å². The van der Waals surface area contributed by atoms with Crippen LogP contribution in [0.5, 0.6) is 0 Å². The molecular weight excluding hydrogens is 466 g/mol. The molecule has 4 aromatic rings. The zero-order chi connectivity index (χ0) is 24.2. The Balaban J connectivity index is 1.72. The van der Waals surface area contributed by atoms with Crippen LogP contribution in [0.2, 0.25) is 5.02 Å². The lowest BCUT2D eigenvalue weighted by molar-refractivity contribution is 0.0518. The first kappa shape index (κ1) is 23.1. The number of benzene rings is 2. The number of nitrogens with one attached hydrogen (secondary N) is 1. The highest BCUT2D eigenvalue weighted by atomic mass is 35.5. The van der Waals surface area contributed by atoms with Crippen molar-refractivity contribution >= 4 is 29.3 Å². The molecule has 7 nitrogen and oxygen atoms in total. The second kappa shape index (κ2) is 9.80. The molecule has 0 aliphatic carbocycles. The number of anilines is 1. The first-order chi connectivity index (χ1) is 16.4. The number of para-hydroxylation sites is 1. The van der Waals surface area contributed by atoms with E-state index >= 15 is 0 Å². The summed E-state index contributed by atoms with van der Waals surface area (Å²) in [5, 5.41) is 6.76. The second-order valence-electron chi connectivity index (χ2n) is 7.01. The van der Waals surface area contributed by atoms with Gasteiger partial charge in [0.15, 0.2) is 5.69 Å². The Morgan fingerprint density at radius 1 is 1.09 bits per heavy atom. The Morgan fingerprint density at radius 3 is 2.53 bits per heavy atom. The van der Waals surface area contributed by atoms with Crippen LogP contribution in [0.4, 0.5) is 14.6 Å². The molecule has 0 aliphatic rings. The lowest BCUT2D eigenvalue weighted by Gasteiger charge is -2.11. The summed E-state index contributed by atoms with van der Waals surface area (Å²) in [7, 11) is 0. The van der Waals surface area contributed by atoms with E-state index in [4.69, 9.17) is 16.3 Å². The quantitative estimate of drug-likeness (QED) is 0.377. The van der Waals surface area contributed by atoms with Gasteiger partial charge in [-0.25, -0.2) is 18.3 Å². The summed E-state index contributed by atoms with van der Waals surface area (Å²) in [6, 6.07) is 14.8. The largest absolute Gasteiger partial charge is 0.461 e. The van der Waals surface area contributed by atoms with E-state index in [0.717, 1.165) is 18.3 Å². The van der Waals surface area contributed by atoms with Crippen LogP contribution in [0.1, 0.15) is 27.8 Å². The summed E-state index contributed by atoms with van der Waals surface area (Å²) in [5.74, 6) is -2.47. The minimum atomic E-state index is -0.723. The van der Waals surface area contributed by atoms with Crippen LogP contribution < -0.4 is 5.32 Å². The highest BCUT2D eigenvalue weighted by Gasteiger charge is 2.21. The van der Waals surface area contributed by atoms with Crippen LogP contribution in [-0.4, -0.2) is 33.2 Å². The first-order valence-electron chi connectivity index (χ1n) is 10.1. The van der Waals surface area contributed by atoms with Gasteiger partial charge >= 0.3 is 5.97 Å². The van der Waals surface area contributed by atoms with E-state index < -0.39 is 23.5 Å². The van der Waals surface area contributed by atoms with Crippen LogP contribution >= 0.6 is 11.6 Å². The number of rotatable bonds is 6. The van der Waals surface area contributed by atoms with E-state index in [9.17, 15) is 18.4 Å². The summed E-state index contributed by atoms with van der Waals surface area (Å²) in [4.78, 5) is 29.2. The highest BCUT2D eigenvalue weighted by molar-refractivity contribution is 6.34. The van der Waals surface area contributed by atoms with Crippen LogP contribution in [0.3, 0.4) is 0 Å². The zero-order valence-corrected chi connectivity index (χ0v) is 18.5. The maximum Gasteiger partial charge on any atom is 0.358 e. The highest BCUT2D eigenvalue weighted by Crippen LogP contribution is 2.29. The minimum absolute atomic E-state index is 0.0117. The molecule has 2 aromatic carbocycles. The molecular formula is C24H17ClF2N4O3. The summed E-state index contributed by atoms with van der Waals surface area (Å²) in [6.07, 6.45) is 0.943. The van der Waals surface area contributed by atoms with Crippen LogP contribution in [0.25, 0.3) is 16.9 Å². The van der Waals surface area contributed by atoms with Crippen LogP contribution in [-0.2, 0) is 4.74 Å². The third kappa shape index (κ3) is 4.79. The Morgan fingerprint density at radius 2 is 1.85 bits per heavy atom. The number of carbonyl (C=O) groups is 2. The first-order valence-corrected chi connectivity index (χ1v) is 10.5. The third-order valence-corrected chi connectivity index (χ3v) is 5.05. The molecule has 0 radical (unpaired) electrons. The fourth-order valence-electron chi connectivity index (χ4n) is 3.18. The molecule has 1 N–H and O–H groups in total. The maximum absolute atomic E-state index is 14.5. The fourth-order valence-corrected chi connectivity index (χ4v) is 3.42. The lowest BCUT2D eigenvalue weighted by atomic mass is 10.1. The normalized spacial score (nSPS) is 10.7. The number of amides is 1. The van der Waals surface area contributed by atoms with E-state index in [2.05, 4.69) is 15.4 Å². The van der Waals surface area contributed by atoms with Crippen molar-refractivity contribution in [1.29, 1.82) is 0 Å². The number of carbonyl (C=O) groups excluding carboxylic acids is 2. The van der Waals surface area contributed by atoms with Gasteiger partial charge in [0.25, 0.3) is 5.91 Å². The zero-order valence-electron chi connectivity index (χ0n) is 17.8.